The van der Waals surface area contributed by atoms with Crippen LogP contribution in [-0.2, 0) is 15.1 Å². The van der Waals surface area contributed by atoms with Gasteiger partial charge in [0.05, 0.1) is 12.7 Å². The number of ether oxygens (including phenoxy) is 1. The van der Waals surface area contributed by atoms with Gasteiger partial charge in [-0.25, -0.2) is 4.79 Å². The number of nitrogens with two attached hydrogens (primary N) is 1. The molecule has 4 heteroatoms. The number of carbonyl (C=O) groups is 1. The number of hydrogen-bond acceptors (Lipinski definition) is 3. The maximum atomic E-state index is 11.5. The first kappa shape index (κ1) is 15.7. The highest BCUT2D eigenvalue weighted by Gasteiger charge is 2.36. The van der Waals surface area contributed by atoms with Crippen LogP contribution in [0.5, 0.6) is 0 Å². The van der Waals surface area contributed by atoms with E-state index >= 15 is 0 Å². The molecule has 0 aliphatic rings. The van der Waals surface area contributed by atoms with Crippen molar-refractivity contribution in [3.05, 3.63) is 35.9 Å². The highest BCUT2D eigenvalue weighted by Crippen LogP contribution is 2.20. The number of rotatable bonds is 7. The van der Waals surface area contributed by atoms with Gasteiger partial charge in [-0.2, -0.15) is 0 Å². The van der Waals surface area contributed by atoms with Crippen molar-refractivity contribution < 1.29 is 14.6 Å². The summed E-state index contributed by atoms with van der Waals surface area (Å²) >= 11 is 0. The van der Waals surface area contributed by atoms with Gasteiger partial charge >= 0.3 is 5.97 Å². The van der Waals surface area contributed by atoms with E-state index in [1.807, 2.05) is 13.0 Å². The molecule has 0 saturated heterocycles. The molecule has 0 bridgehead atoms. The molecule has 0 aliphatic heterocycles. The van der Waals surface area contributed by atoms with Crippen molar-refractivity contribution in [1.82, 2.24) is 0 Å². The summed E-state index contributed by atoms with van der Waals surface area (Å²) in [5.41, 5.74) is 5.08. The molecule has 2 atom stereocenters. The van der Waals surface area contributed by atoms with Gasteiger partial charge in [0.2, 0.25) is 0 Å². The Labute approximate surface area is 114 Å². The van der Waals surface area contributed by atoms with Crippen LogP contribution in [0.1, 0.15) is 32.8 Å². The van der Waals surface area contributed by atoms with E-state index in [9.17, 15) is 9.90 Å². The molecule has 1 rings (SSSR count). The summed E-state index contributed by atoms with van der Waals surface area (Å²) in [5.74, 6) is -0.570. The van der Waals surface area contributed by atoms with Crippen molar-refractivity contribution in [3.8, 4) is 0 Å². The first-order valence-electron chi connectivity index (χ1n) is 6.55. The van der Waals surface area contributed by atoms with Crippen molar-refractivity contribution >= 4 is 5.97 Å². The van der Waals surface area contributed by atoms with Crippen LogP contribution in [0.3, 0.4) is 0 Å². The van der Waals surface area contributed by atoms with E-state index in [0.717, 1.165) is 6.42 Å². The molecule has 0 aromatic heterocycles. The van der Waals surface area contributed by atoms with Crippen LogP contribution < -0.4 is 5.73 Å². The van der Waals surface area contributed by atoms with Gasteiger partial charge in [0, 0.05) is 0 Å². The van der Waals surface area contributed by atoms with Crippen molar-refractivity contribution in [2.75, 3.05) is 6.61 Å². The molecule has 4 nitrogen and oxygen atoms in total. The predicted molar refractivity (Wildman–Crippen MR) is 74.8 cm³/mol. The predicted octanol–water partition coefficient (Wildman–Crippen LogP) is 2.38. The summed E-state index contributed by atoms with van der Waals surface area (Å²) < 4.78 is 5.63. The summed E-state index contributed by atoms with van der Waals surface area (Å²) in [6, 6.07) is 8.80. The van der Waals surface area contributed by atoms with Crippen molar-refractivity contribution in [1.29, 1.82) is 0 Å². The fourth-order valence-electron chi connectivity index (χ4n) is 2.01. The minimum absolute atomic E-state index is 0.00835. The molecular weight excluding hydrogens is 242 g/mol. The van der Waals surface area contributed by atoms with E-state index in [1.54, 1.807) is 24.3 Å². The molecule has 0 fully saturated rings. The fraction of sp³-hybridized carbons (Fsp3) is 0.533. The van der Waals surface area contributed by atoms with Gasteiger partial charge in [-0.05, 0) is 24.8 Å². The third kappa shape index (κ3) is 4.33. The first-order chi connectivity index (χ1) is 8.86. The largest absolute Gasteiger partial charge is 0.480 e. The zero-order chi connectivity index (χ0) is 14.5. The van der Waals surface area contributed by atoms with Crippen LogP contribution >= 0.6 is 0 Å². The lowest BCUT2D eigenvalue weighted by atomic mass is 9.92. The van der Waals surface area contributed by atoms with E-state index in [2.05, 4.69) is 13.8 Å². The Balaban J connectivity index is 2.76. The molecule has 0 aliphatic carbocycles. The number of hydrogen-bond donors (Lipinski definition) is 2. The SMILES string of the molecule is CC(C)CC(C)OCC(N)(C(=O)O)c1ccccc1. The third-order valence-electron chi connectivity index (χ3n) is 3.07. The van der Waals surface area contributed by atoms with Gasteiger partial charge in [-0.15, -0.1) is 0 Å². The van der Waals surface area contributed by atoms with Crippen LogP contribution in [0.4, 0.5) is 0 Å². The second-order valence-corrected chi connectivity index (χ2v) is 5.39. The average molecular weight is 265 g/mol. The molecule has 0 radical (unpaired) electrons. The second kappa shape index (κ2) is 6.68. The second-order valence-electron chi connectivity index (χ2n) is 5.39. The van der Waals surface area contributed by atoms with Gasteiger partial charge in [0.15, 0.2) is 5.54 Å². The van der Waals surface area contributed by atoms with Gasteiger partial charge < -0.3 is 15.6 Å². The maximum Gasteiger partial charge on any atom is 0.330 e. The molecule has 0 heterocycles. The minimum atomic E-state index is -1.49. The summed E-state index contributed by atoms with van der Waals surface area (Å²) in [7, 11) is 0. The smallest absolute Gasteiger partial charge is 0.330 e. The quantitative estimate of drug-likeness (QED) is 0.794. The third-order valence-corrected chi connectivity index (χ3v) is 3.07. The van der Waals surface area contributed by atoms with E-state index in [4.69, 9.17) is 10.5 Å². The van der Waals surface area contributed by atoms with E-state index in [0.29, 0.717) is 11.5 Å². The lowest BCUT2D eigenvalue weighted by molar-refractivity contribution is -0.147. The molecule has 0 saturated carbocycles. The molecule has 0 amide bonds. The Hall–Kier alpha value is -1.39. The van der Waals surface area contributed by atoms with Crippen LogP contribution in [0.2, 0.25) is 0 Å². The summed E-state index contributed by atoms with van der Waals surface area (Å²) in [5, 5.41) is 9.38. The van der Waals surface area contributed by atoms with Crippen molar-refractivity contribution in [2.24, 2.45) is 11.7 Å². The van der Waals surface area contributed by atoms with Crippen LogP contribution in [-0.4, -0.2) is 23.8 Å². The average Bonchev–Trinajstić information content (AvgIpc) is 2.36. The number of aliphatic carboxylic acids is 1. The molecule has 2 unspecified atom stereocenters. The number of carboxylic acid groups (broad SMARTS) is 1. The van der Waals surface area contributed by atoms with Gasteiger partial charge in [-0.1, -0.05) is 44.2 Å². The van der Waals surface area contributed by atoms with Crippen LogP contribution in [0.25, 0.3) is 0 Å². The highest BCUT2D eigenvalue weighted by molar-refractivity contribution is 5.80. The molecule has 1 aromatic carbocycles. The zero-order valence-corrected chi connectivity index (χ0v) is 11.8. The Morgan fingerprint density at radius 2 is 1.89 bits per heavy atom. The molecule has 3 N–H and O–H groups in total. The number of carboxylic acids is 1. The first-order valence-corrected chi connectivity index (χ1v) is 6.55. The number of benzene rings is 1. The normalized spacial score (nSPS) is 16.1. The van der Waals surface area contributed by atoms with E-state index in [-0.39, 0.29) is 12.7 Å². The van der Waals surface area contributed by atoms with Gasteiger partial charge in [-0.3, -0.25) is 0 Å². The van der Waals surface area contributed by atoms with Crippen molar-refractivity contribution in [3.63, 3.8) is 0 Å². The van der Waals surface area contributed by atoms with Crippen molar-refractivity contribution in [2.45, 2.75) is 38.8 Å². The monoisotopic (exact) mass is 265 g/mol. The summed E-state index contributed by atoms with van der Waals surface area (Å²) in [4.78, 5) is 11.5. The van der Waals surface area contributed by atoms with Gasteiger partial charge in [0.1, 0.15) is 0 Å². The summed E-state index contributed by atoms with van der Waals surface area (Å²) in [6.45, 7) is 6.11. The lowest BCUT2D eigenvalue weighted by Gasteiger charge is -2.27. The molecule has 0 spiro atoms. The van der Waals surface area contributed by atoms with E-state index < -0.39 is 11.5 Å². The Bertz CT molecular complexity index is 405. The van der Waals surface area contributed by atoms with Gasteiger partial charge in [0.25, 0.3) is 0 Å². The Morgan fingerprint density at radius 1 is 1.32 bits per heavy atom. The van der Waals surface area contributed by atoms with Crippen LogP contribution in [0, 0.1) is 5.92 Å². The molecular formula is C15H23NO3. The highest BCUT2D eigenvalue weighted by atomic mass is 16.5. The fourth-order valence-corrected chi connectivity index (χ4v) is 2.01. The topological polar surface area (TPSA) is 72.5 Å². The standard InChI is InChI=1S/C15H23NO3/c1-11(2)9-12(3)19-10-15(16,14(17)18)13-7-5-4-6-8-13/h4-8,11-12H,9-10,16H2,1-3H3,(H,17,18). The molecule has 19 heavy (non-hydrogen) atoms. The summed E-state index contributed by atoms with van der Waals surface area (Å²) in [6.07, 6.45) is 0.871. The van der Waals surface area contributed by atoms with E-state index in [1.165, 1.54) is 0 Å². The Morgan fingerprint density at radius 3 is 2.37 bits per heavy atom. The molecule has 1 aromatic rings. The van der Waals surface area contributed by atoms with Crippen LogP contribution in [0.15, 0.2) is 30.3 Å². The lowest BCUT2D eigenvalue weighted by Crippen LogP contribution is -2.49. The zero-order valence-electron chi connectivity index (χ0n) is 11.8. The Kier molecular flexibility index (Phi) is 5.51. The minimum Gasteiger partial charge on any atom is -0.480 e. The molecule has 106 valence electrons. The maximum absolute atomic E-state index is 11.5.